The minimum Gasteiger partial charge on any atom is -0.263 e. The van der Waals surface area contributed by atoms with Crippen LogP contribution in [-0.4, -0.2) is 30.1 Å². The van der Waals surface area contributed by atoms with Crippen molar-refractivity contribution in [2.45, 2.75) is 11.3 Å². The quantitative estimate of drug-likeness (QED) is 0.810. The highest BCUT2D eigenvalue weighted by atomic mass is 32.2. The Balaban J connectivity index is 2.03. The van der Waals surface area contributed by atoms with Gasteiger partial charge >= 0.3 is 0 Å². The molecule has 0 atom stereocenters. The Hall–Kier alpha value is -2.24. The number of rotatable bonds is 5. The first-order valence-electron chi connectivity index (χ1n) is 5.46. The van der Waals surface area contributed by atoms with Crippen molar-refractivity contribution < 1.29 is 8.42 Å². The predicted molar refractivity (Wildman–Crippen MR) is 66.4 cm³/mol. The summed E-state index contributed by atoms with van der Waals surface area (Å²) in [7, 11) is -3.61. The zero-order chi connectivity index (χ0) is 13.7. The molecule has 1 aromatic heterocycles. The van der Waals surface area contributed by atoms with Crippen LogP contribution in [0.4, 0.5) is 0 Å². The number of hydrogen-bond acceptors (Lipinski definition) is 5. The van der Waals surface area contributed by atoms with Crippen molar-refractivity contribution in [1.29, 1.82) is 5.26 Å². The van der Waals surface area contributed by atoms with Gasteiger partial charge in [0.15, 0.2) is 0 Å². The number of benzene rings is 1. The van der Waals surface area contributed by atoms with E-state index in [1.54, 1.807) is 6.07 Å². The average Bonchev–Trinajstić information content (AvgIpc) is 2.92. The summed E-state index contributed by atoms with van der Waals surface area (Å²) in [6.07, 6.45) is 1.78. The normalized spacial score (nSPS) is 11.1. The van der Waals surface area contributed by atoms with E-state index in [4.69, 9.17) is 5.26 Å². The third-order valence-corrected chi connectivity index (χ3v) is 3.85. The van der Waals surface area contributed by atoms with Crippen LogP contribution in [0.3, 0.4) is 0 Å². The van der Waals surface area contributed by atoms with Gasteiger partial charge in [-0.2, -0.15) is 10.4 Å². The molecule has 2 aromatic rings. The van der Waals surface area contributed by atoms with Crippen LogP contribution in [0.2, 0.25) is 0 Å². The highest BCUT2D eigenvalue weighted by Crippen LogP contribution is 2.10. The molecule has 8 heteroatoms. The predicted octanol–water partition coefficient (Wildman–Crippen LogP) is 0.197. The lowest BCUT2D eigenvalue weighted by Crippen LogP contribution is -2.26. The molecular formula is C11H11N5O2S. The standard InChI is InChI=1S/C11H11N5O2S/c12-7-9-2-1-3-10(6-9)19(17,18)15-5-4-11-13-8-14-16-11/h1-3,6,8,15H,4-5H2,(H,13,14,16). The Morgan fingerprint density at radius 2 is 2.26 bits per heavy atom. The molecule has 19 heavy (non-hydrogen) atoms. The van der Waals surface area contributed by atoms with Crippen molar-refractivity contribution in [3.63, 3.8) is 0 Å². The highest BCUT2D eigenvalue weighted by molar-refractivity contribution is 7.89. The fourth-order valence-electron chi connectivity index (χ4n) is 1.47. The lowest BCUT2D eigenvalue weighted by atomic mass is 10.2. The van der Waals surface area contributed by atoms with Crippen LogP contribution in [0.25, 0.3) is 0 Å². The van der Waals surface area contributed by atoms with Crippen molar-refractivity contribution in [1.82, 2.24) is 19.9 Å². The molecule has 0 aliphatic rings. The zero-order valence-corrected chi connectivity index (χ0v) is 10.7. The van der Waals surface area contributed by atoms with Crippen molar-refractivity contribution in [3.8, 4) is 6.07 Å². The lowest BCUT2D eigenvalue weighted by Gasteiger charge is -2.05. The molecule has 0 amide bonds. The van der Waals surface area contributed by atoms with Gasteiger partial charge in [0, 0.05) is 13.0 Å². The van der Waals surface area contributed by atoms with Gasteiger partial charge in [-0.25, -0.2) is 18.1 Å². The summed E-state index contributed by atoms with van der Waals surface area (Å²) in [6, 6.07) is 7.76. The first-order valence-corrected chi connectivity index (χ1v) is 6.94. The van der Waals surface area contributed by atoms with E-state index in [1.165, 1.54) is 24.5 Å². The fraction of sp³-hybridized carbons (Fsp3) is 0.182. The molecular weight excluding hydrogens is 266 g/mol. The number of H-pyrrole nitrogens is 1. The van der Waals surface area contributed by atoms with Crippen LogP contribution in [-0.2, 0) is 16.4 Å². The first-order chi connectivity index (χ1) is 9.12. The number of nitrogens with zero attached hydrogens (tertiary/aromatic N) is 3. The molecule has 1 heterocycles. The highest BCUT2D eigenvalue weighted by Gasteiger charge is 2.13. The van der Waals surface area contributed by atoms with Crippen LogP contribution in [0.1, 0.15) is 11.4 Å². The van der Waals surface area contributed by atoms with Gasteiger partial charge in [0.05, 0.1) is 16.5 Å². The molecule has 7 nitrogen and oxygen atoms in total. The molecule has 2 rings (SSSR count). The Bertz CT molecular complexity index is 688. The van der Waals surface area contributed by atoms with Gasteiger partial charge in [-0.05, 0) is 18.2 Å². The van der Waals surface area contributed by atoms with Crippen molar-refractivity contribution >= 4 is 10.0 Å². The molecule has 0 unspecified atom stereocenters. The number of aromatic amines is 1. The van der Waals surface area contributed by atoms with E-state index in [-0.39, 0.29) is 11.4 Å². The fourth-order valence-corrected chi connectivity index (χ4v) is 2.55. The van der Waals surface area contributed by atoms with Gasteiger partial charge in [0.1, 0.15) is 12.2 Å². The summed E-state index contributed by atoms with van der Waals surface area (Å²) in [5.41, 5.74) is 0.304. The van der Waals surface area contributed by atoms with E-state index in [0.29, 0.717) is 17.8 Å². The lowest BCUT2D eigenvalue weighted by molar-refractivity contribution is 0.581. The van der Waals surface area contributed by atoms with E-state index < -0.39 is 10.0 Å². The van der Waals surface area contributed by atoms with E-state index in [9.17, 15) is 8.42 Å². The summed E-state index contributed by atoms with van der Waals surface area (Å²) in [5, 5.41) is 15.1. The van der Waals surface area contributed by atoms with Crippen LogP contribution in [0.5, 0.6) is 0 Å². The molecule has 0 spiro atoms. The minimum absolute atomic E-state index is 0.0733. The second kappa shape index (κ2) is 5.60. The summed E-state index contributed by atoms with van der Waals surface area (Å²) < 4.78 is 26.4. The SMILES string of the molecule is N#Cc1cccc(S(=O)(=O)NCCc2ncn[nH]2)c1. The molecule has 1 aromatic carbocycles. The molecule has 0 radical (unpaired) electrons. The second-order valence-electron chi connectivity index (χ2n) is 3.72. The first kappa shape index (κ1) is 13.2. The molecule has 0 saturated heterocycles. The summed E-state index contributed by atoms with van der Waals surface area (Å²) in [5.74, 6) is 0.605. The van der Waals surface area contributed by atoms with Gasteiger partial charge in [-0.3, -0.25) is 5.10 Å². The van der Waals surface area contributed by atoms with E-state index in [0.717, 1.165) is 0 Å². The smallest absolute Gasteiger partial charge is 0.240 e. The maximum atomic E-state index is 12.0. The largest absolute Gasteiger partial charge is 0.263 e. The van der Waals surface area contributed by atoms with Gasteiger partial charge in [-0.1, -0.05) is 6.07 Å². The number of nitriles is 1. The molecule has 0 fully saturated rings. The summed E-state index contributed by atoms with van der Waals surface area (Å²) in [6.45, 7) is 0.203. The number of aromatic nitrogens is 3. The average molecular weight is 277 g/mol. The Morgan fingerprint density at radius 3 is 2.95 bits per heavy atom. The second-order valence-corrected chi connectivity index (χ2v) is 5.49. The molecule has 0 saturated carbocycles. The minimum atomic E-state index is -3.61. The molecule has 0 bridgehead atoms. The Kier molecular flexibility index (Phi) is 3.89. The van der Waals surface area contributed by atoms with Gasteiger partial charge in [0.2, 0.25) is 10.0 Å². The molecule has 0 aliphatic heterocycles. The third kappa shape index (κ3) is 3.37. The molecule has 2 N–H and O–H groups in total. The van der Waals surface area contributed by atoms with Crippen molar-refractivity contribution in [2.24, 2.45) is 0 Å². The van der Waals surface area contributed by atoms with Crippen LogP contribution >= 0.6 is 0 Å². The third-order valence-electron chi connectivity index (χ3n) is 2.39. The zero-order valence-electron chi connectivity index (χ0n) is 9.87. The maximum absolute atomic E-state index is 12.0. The Labute approximate surface area is 110 Å². The van der Waals surface area contributed by atoms with E-state index in [2.05, 4.69) is 19.9 Å². The molecule has 0 aliphatic carbocycles. The molecule has 98 valence electrons. The van der Waals surface area contributed by atoms with Crippen molar-refractivity contribution in [2.75, 3.05) is 6.54 Å². The number of hydrogen-bond donors (Lipinski definition) is 2. The Morgan fingerprint density at radius 1 is 1.42 bits per heavy atom. The monoisotopic (exact) mass is 277 g/mol. The van der Waals surface area contributed by atoms with Gasteiger partial charge < -0.3 is 0 Å². The van der Waals surface area contributed by atoms with Gasteiger partial charge in [-0.15, -0.1) is 0 Å². The van der Waals surface area contributed by atoms with Crippen LogP contribution in [0, 0.1) is 11.3 Å². The maximum Gasteiger partial charge on any atom is 0.240 e. The number of sulfonamides is 1. The van der Waals surface area contributed by atoms with Gasteiger partial charge in [0.25, 0.3) is 0 Å². The topological polar surface area (TPSA) is 112 Å². The summed E-state index contributed by atoms with van der Waals surface area (Å²) in [4.78, 5) is 3.96. The van der Waals surface area contributed by atoms with Crippen LogP contribution in [0.15, 0.2) is 35.5 Å². The van der Waals surface area contributed by atoms with E-state index in [1.807, 2.05) is 6.07 Å². The summed E-state index contributed by atoms with van der Waals surface area (Å²) >= 11 is 0. The number of nitrogens with one attached hydrogen (secondary N) is 2. The van der Waals surface area contributed by atoms with E-state index >= 15 is 0 Å². The van der Waals surface area contributed by atoms with Crippen molar-refractivity contribution in [3.05, 3.63) is 42.0 Å². The van der Waals surface area contributed by atoms with Crippen LogP contribution < -0.4 is 4.72 Å².